The van der Waals surface area contributed by atoms with Crippen LogP contribution in [0.25, 0.3) is 0 Å². The molecule has 0 aromatic heterocycles. The fourth-order valence-electron chi connectivity index (χ4n) is 1.62. The van der Waals surface area contributed by atoms with Gasteiger partial charge in [-0.3, -0.25) is 4.90 Å². The molecular weight excluding hydrogens is 243 g/mol. The van der Waals surface area contributed by atoms with Crippen LogP contribution in [0.1, 0.15) is 26.3 Å². The summed E-state index contributed by atoms with van der Waals surface area (Å²) in [6, 6.07) is 4.27. The Balaban J connectivity index is 2.89. The van der Waals surface area contributed by atoms with E-state index in [1.165, 1.54) is 0 Å². The number of hydrogen-bond acceptors (Lipinski definition) is 2. The highest BCUT2D eigenvalue weighted by Crippen LogP contribution is 2.29. The topological polar surface area (TPSA) is 29.3 Å². The first-order valence-corrected chi connectivity index (χ1v) is 6.18. The number of rotatable bonds is 4. The first kappa shape index (κ1) is 13.6. The monoisotopic (exact) mass is 260 g/mol. The molecule has 2 nitrogen and oxygen atoms in total. The van der Waals surface area contributed by atoms with Gasteiger partial charge in [0.15, 0.2) is 0 Å². The van der Waals surface area contributed by atoms with Crippen LogP contribution >= 0.6 is 23.2 Å². The van der Waals surface area contributed by atoms with Gasteiger partial charge in [0, 0.05) is 12.6 Å². The van der Waals surface area contributed by atoms with Gasteiger partial charge >= 0.3 is 0 Å². The quantitative estimate of drug-likeness (QED) is 0.835. The number of benzene rings is 1. The van der Waals surface area contributed by atoms with E-state index in [0.717, 1.165) is 18.7 Å². The molecule has 0 bridgehead atoms. The third-order valence-electron chi connectivity index (χ3n) is 2.66. The molecule has 0 aliphatic heterocycles. The standard InChI is InChI=1S/C12H18Cl2N2/c1-4-16(8(2)3)7-9-5-10(13)12(15)11(14)6-9/h5-6,8H,4,7,15H2,1-3H3. The highest BCUT2D eigenvalue weighted by Gasteiger charge is 2.10. The first-order valence-electron chi connectivity index (χ1n) is 5.43. The molecule has 0 aliphatic rings. The molecule has 2 N–H and O–H groups in total. The average molecular weight is 261 g/mol. The van der Waals surface area contributed by atoms with Crippen LogP contribution in [0.2, 0.25) is 10.0 Å². The largest absolute Gasteiger partial charge is 0.396 e. The minimum absolute atomic E-state index is 0.458. The van der Waals surface area contributed by atoms with Gasteiger partial charge in [-0.15, -0.1) is 0 Å². The molecular formula is C12H18Cl2N2. The molecule has 90 valence electrons. The molecule has 0 radical (unpaired) electrons. The predicted octanol–water partition coefficient (Wildman–Crippen LogP) is 3.81. The van der Waals surface area contributed by atoms with Crippen LogP contribution in [-0.4, -0.2) is 17.5 Å². The zero-order valence-corrected chi connectivity index (χ0v) is 11.4. The lowest BCUT2D eigenvalue weighted by Crippen LogP contribution is -2.29. The van der Waals surface area contributed by atoms with E-state index >= 15 is 0 Å². The van der Waals surface area contributed by atoms with E-state index in [-0.39, 0.29) is 0 Å². The van der Waals surface area contributed by atoms with E-state index < -0.39 is 0 Å². The molecule has 0 spiro atoms. The summed E-state index contributed by atoms with van der Waals surface area (Å²) in [5, 5.41) is 1.06. The minimum Gasteiger partial charge on any atom is -0.396 e. The molecule has 0 unspecified atom stereocenters. The molecule has 1 aromatic rings. The van der Waals surface area contributed by atoms with Crippen molar-refractivity contribution in [2.24, 2.45) is 0 Å². The average Bonchev–Trinajstić information content (AvgIpc) is 2.21. The van der Waals surface area contributed by atoms with Gasteiger partial charge in [0.25, 0.3) is 0 Å². The van der Waals surface area contributed by atoms with Crippen LogP contribution in [0.3, 0.4) is 0 Å². The zero-order chi connectivity index (χ0) is 12.3. The number of nitrogen functional groups attached to an aromatic ring is 1. The number of anilines is 1. The van der Waals surface area contributed by atoms with Gasteiger partial charge < -0.3 is 5.73 Å². The van der Waals surface area contributed by atoms with Crippen molar-refractivity contribution in [3.63, 3.8) is 0 Å². The number of hydrogen-bond donors (Lipinski definition) is 1. The van der Waals surface area contributed by atoms with Crippen LogP contribution in [-0.2, 0) is 6.54 Å². The summed E-state index contributed by atoms with van der Waals surface area (Å²) in [5.41, 5.74) is 7.25. The third-order valence-corrected chi connectivity index (χ3v) is 3.29. The molecule has 16 heavy (non-hydrogen) atoms. The summed E-state index contributed by atoms with van der Waals surface area (Å²) >= 11 is 12.0. The van der Waals surface area contributed by atoms with Crippen molar-refractivity contribution in [2.45, 2.75) is 33.4 Å². The molecule has 1 rings (SSSR count). The maximum absolute atomic E-state index is 6.00. The van der Waals surface area contributed by atoms with Crippen molar-refractivity contribution in [1.29, 1.82) is 0 Å². The van der Waals surface area contributed by atoms with Crippen molar-refractivity contribution in [2.75, 3.05) is 12.3 Å². The summed E-state index contributed by atoms with van der Waals surface area (Å²) in [6.07, 6.45) is 0. The van der Waals surface area contributed by atoms with E-state index in [0.29, 0.717) is 21.8 Å². The molecule has 0 saturated heterocycles. The SMILES string of the molecule is CCN(Cc1cc(Cl)c(N)c(Cl)c1)C(C)C. The normalized spacial score (nSPS) is 11.4. The second-order valence-electron chi connectivity index (χ2n) is 4.13. The Labute approximate surface area is 107 Å². The lowest BCUT2D eigenvalue weighted by atomic mass is 10.1. The van der Waals surface area contributed by atoms with Crippen molar-refractivity contribution < 1.29 is 0 Å². The molecule has 0 atom stereocenters. The van der Waals surface area contributed by atoms with Crippen molar-refractivity contribution in [3.05, 3.63) is 27.7 Å². The summed E-state index contributed by atoms with van der Waals surface area (Å²) < 4.78 is 0. The van der Waals surface area contributed by atoms with Gasteiger partial charge in [-0.1, -0.05) is 30.1 Å². The molecule has 0 heterocycles. The second kappa shape index (κ2) is 5.76. The van der Waals surface area contributed by atoms with Gasteiger partial charge in [0.05, 0.1) is 15.7 Å². The van der Waals surface area contributed by atoms with Crippen LogP contribution in [0.5, 0.6) is 0 Å². The second-order valence-corrected chi connectivity index (χ2v) is 4.94. The summed E-state index contributed by atoms with van der Waals surface area (Å²) in [4.78, 5) is 2.33. The van der Waals surface area contributed by atoms with Crippen molar-refractivity contribution in [1.82, 2.24) is 4.90 Å². The highest BCUT2D eigenvalue weighted by molar-refractivity contribution is 6.38. The Morgan fingerprint density at radius 2 is 1.75 bits per heavy atom. The van der Waals surface area contributed by atoms with E-state index in [2.05, 4.69) is 25.7 Å². The van der Waals surface area contributed by atoms with Crippen molar-refractivity contribution >= 4 is 28.9 Å². The predicted molar refractivity (Wildman–Crippen MR) is 72.1 cm³/mol. The third kappa shape index (κ3) is 3.27. The van der Waals surface area contributed by atoms with E-state index in [4.69, 9.17) is 28.9 Å². The molecule has 0 aliphatic carbocycles. The summed E-state index contributed by atoms with van der Waals surface area (Å²) in [6.45, 7) is 8.32. The van der Waals surface area contributed by atoms with Crippen LogP contribution in [0, 0.1) is 0 Å². The minimum atomic E-state index is 0.458. The van der Waals surface area contributed by atoms with Gasteiger partial charge in [0.1, 0.15) is 0 Å². The summed E-state index contributed by atoms with van der Waals surface area (Å²) in [7, 11) is 0. The Morgan fingerprint density at radius 1 is 1.25 bits per heavy atom. The Hall–Kier alpha value is -0.440. The van der Waals surface area contributed by atoms with Crippen LogP contribution in [0.4, 0.5) is 5.69 Å². The molecule has 0 amide bonds. The van der Waals surface area contributed by atoms with Gasteiger partial charge in [0.2, 0.25) is 0 Å². The van der Waals surface area contributed by atoms with E-state index in [9.17, 15) is 0 Å². The number of nitrogens with two attached hydrogens (primary N) is 1. The Bertz CT molecular complexity index is 341. The molecule has 4 heteroatoms. The van der Waals surface area contributed by atoms with Crippen molar-refractivity contribution in [3.8, 4) is 0 Å². The number of nitrogens with zero attached hydrogens (tertiary/aromatic N) is 1. The molecule has 1 aromatic carbocycles. The maximum Gasteiger partial charge on any atom is 0.0693 e. The zero-order valence-electron chi connectivity index (χ0n) is 9.93. The van der Waals surface area contributed by atoms with Gasteiger partial charge in [-0.2, -0.15) is 0 Å². The summed E-state index contributed by atoms with van der Waals surface area (Å²) in [5.74, 6) is 0. The van der Waals surface area contributed by atoms with Gasteiger partial charge in [-0.05, 0) is 38.1 Å². The molecule has 0 saturated carbocycles. The van der Waals surface area contributed by atoms with Gasteiger partial charge in [-0.25, -0.2) is 0 Å². The smallest absolute Gasteiger partial charge is 0.0693 e. The Morgan fingerprint density at radius 3 is 2.12 bits per heavy atom. The lowest BCUT2D eigenvalue weighted by molar-refractivity contribution is 0.225. The maximum atomic E-state index is 6.00. The van der Waals surface area contributed by atoms with Crippen LogP contribution in [0.15, 0.2) is 12.1 Å². The van der Waals surface area contributed by atoms with Crippen LogP contribution < -0.4 is 5.73 Å². The molecule has 0 fully saturated rings. The Kier molecular flexibility index (Phi) is 4.90. The fourth-order valence-corrected chi connectivity index (χ4v) is 2.15. The van der Waals surface area contributed by atoms with E-state index in [1.54, 1.807) is 0 Å². The first-order chi connectivity index (χ1) is 7.45. The lowest BCUT2D eigenvalue weighted by Gasteiger charge is -2.25. The number of halogens is 2. The fraction of sp³-hybridized carbons (Fsp3) is 0.500. The highest BCUT2D eigenvalue weighted by atomic mass is 35.5. The van der Waals surface area contributed by atoms with E-state index in [1.807, 2.05) is 12.1 Å².